The molecule has 1 aliphatic heterocycles. The summed E-state index contributed by atoms with van der Waals surface area (Å²) in [7, 11) is 0. The number of hydrogen-bond acceptors (Lipinski definition) is 5. The second-order valence-electron chi connectivity index (χ2n) is 9.80. The van der Waals surface area contributed by atoms with Crippen molar-refractivity contribution >= 4 is 39.9 Å². The van der Waals surface area contributed by atoms with E-state index in [0.29, 0.717) is 16.5 Å². The van der Waals surface area contributed by atoms with Gasteiger partial charge in [0.25, 0.3) is 5.69 Å². The maximum atomic E-state index is 11.4. The Morgan fingerprint density at radius 2 is 1.87 bits per heavy atom. The summed E-state index contributed by atoms with van der Waals surface area (Å²) in [6.45, 7) is 5.27. The number of hydrogen-bond donors (Lipinski definition) is 1. The maximum absolute atomic E-state index is 11.4. The van der Waals surface area contributed by atoms with E-state index < -0.39 is 4.92 Å². The molecule has 1 fully saturated rings. The summed E-state index contributed by atoms with van der Waals surface area (Å²) >= 11 is 6.25. The molecule has 4 aromatic rings. The van der Waals surface area contributed by atoms with E-state index in [2.05, 4.69) is 26.9 Å². The lowest BCUT2D eigenvalue weighted by Crippen LogP contribution is -2.34. The van der Waals surface area contributed by atoms with Gasteiger partial charge in [0.2, 0.25) is 5.91 Å². The Morgan fingerprint density at radius 3 is 2.61 bits per heavy atom. The molecule has 0 bridgehead atoms. The first-order valence-electron chi connectivity index (χ1n) is 12.9. The predicted molar refractivity (Wildman–Crippen MR) is 151 cm³/mol. The van der Waals surface area contributed by atoms with Gasteiger partial charge in [-0.25, -0.2) is 4.98 Å². The SMILES string of the molecule is CC(=O)Nc1cccc(C2CCN(CCCn3c(-c4cccc(Cl)c4)nc4cc([N+](=O)[O-])ccc43)CC2)c1. The average Bonchev–Trinajstić information content (AvgIpc) is 3.27. The Balaban J connectivity index is 1.26. The highest BCUT2D eigenvalue weighted by atomic mass is 35.5. The first kappa shape index (κ1) is 25.9. The number of fused-ring (bicyclic) bond motifs is 1. The van der Waals surface area contributed by atoms with Gasteiger partial charge in [-0.2, -0.15) is 0 Å². The van der Waals surface area contributed by atoms with Crippen LogP contribution in [0, 0.1) is 10.1 Å². The molecule has 0 aliphatic carbocycles. The summed E-state index contributed by atoms with van der Waals surface area (Å²) in [5, 5.41) is 14.8. The molecule has 1 aliphatic rings. The van der Waals surface area contributed by atoms with Crippen molar-refractivity contribution in [2.24, 2.45) is 0 Å². The van der Waals surface area contributed by atoms with E-state index >= 15 is 0 Å². The van der Waals surface area contributed by atoms with Crippen molar-refractivity contribution in [2.45, 2.75) is 38.6 Å². The third-order valence-corrected chi connectivity index (χ3v) is 7.38. The van der Waals surface area contributed by atoms with Gasteiger partial charge in [-0.15, -0.1) is 0 Å². The van der Waals surface area contributed by atoms with Gasteiger partial charge < -0.3 is 14.8 Å². The Kier molecular flexibility index (Phi) is 7.72. The molecular formula is C29H30ClN5O3. The summed E-state index contributed by atoms with van der Waals surface area (Å²) in [5.41, 5.74) is 4.54. The van der Waals surface area contributed by atoms with Gasteiger partial charge in [-0.3, -0.25) is 14.9 Å². The molecular weight excluding hydrogens is 502 g/mol. The number of benzene rings is 3. The number of carbonyl (C=O) groups is 1. The number of imidazole rings is 1. The van der Waals surface area contributed by atoms with Crippen LogP contribution in [0.5, 0.6) is 0 Å². The summed E-state index contributed by atoms with van der Waals surface area (Å²) < 4.78 is 2.14. The Bertz CT molecular complexity index is 1480. The highest BCUT2D eigenvalue weighted by molar-refractivity contribution is 6.30. The number of nitrogens with one attached hydrogen (secondary N) is 1. The number of anilines is 1. The third-order valence-electron chi connectivity index (χ3n) is 7.15. The van der Waals surface area contributed by atoms with Crippen LogP contribution in [0.2, 0.25) is 5.02 Å². The number of likely N-dealkylation sites (tertiary alicyclic amines) is 1. The van der Waals surface area contributed by atoms with Gasteiger partial charge in [-0.1, -0.05) is 35.9 Å². The zero-order chi connectivity index (χ0) is 26.6. The molecule has 2 heterocycles. The van der Waals surface area contributed by atoms with Crippen LogP contribution in [-0.2, 0) is 11.3 Å². The van der Waals surface area contributed by atoms with Crippen molar-refractivity contribution in [3.8, 4) is 11.4 Å². The van der Waals surface area contributed by atoms with E-state index in [9.17, 15) is 14.9 Å². The Morgan fingerprint density at radius 1 is 1.08 bits per heavy atom. The third kappa shape index (κ3) is 5.87. The quantitative estimate of drug-likeness (QED) is 0.207. The number of nitrogens with zero attached hydrogens (tertiary/aromatic N) is 4. The molecule has 0 saturated carbocycles. The summed E-state index contributed by atoms with van der Waals surface area (Å²) in [6, 6.07) is 20.6. The molecule has 0 radical (unpaired) electrons. The summed E-state index contributed by atoms with van der Waals surface area (Å²) in [5.74, 6) is 1.20. The van der Waals surface area contributed by atoms with E-state index in [1.807, 2.05) is 36.4 Å². The smallest absolute Gasteiger partial charge is 0.271 e. The number of nitro groups is 1. The minimum Gasteiger partial charge on any atom is -0.326 e. The van der Waals surface area contributed by atoms with Crippen molar-refractivity contribution in [3.05, 3.63) is 87.4 Å². The average molecular weight is 532 g/mol. The molecule has 0 unspecified atom stereocenters. The van der Waals surface area contributed by atoms with E-state index in [1.54, 1.807) is 6.07 Å². The fraction of sp³-hybridized carbons (Fsp3) is 0.310. The van der Waals surface area contributed by atoms with E-state index in [1.165, 1.54) is 24.6 Å². The van der Waals surface area contributed by atoms with E-state index in [0.717, 1.165) is 68.0 Å². The molecule has 1 saturated heterocycles. The van der Waals surface area contributed by atoms with Crippen LogP contribution in [-0.4, -0.2) is 44.9 Å². The van der Waals surface area contributed by atoms with Gasteiger partial charge in [0.05, 0.1) is 16.0 Å². The van der Waals surface area contributed by atoms with Crippen molar-refractivity contribution in [1.82, 2.24) is 14.5 Å². The number of amides is 1. The van der Waals surface area contributed by atoms with Gasteiger partial charge >= 0.3 is 0 Å². The molecule has 196 valence electrons. The molecule has 0 atom stereocenters. The fourth-order valence-electron chi connectivity index (χ4n) is 5.32. The standard InChI is InChI=1S/C29H30ClN5O3/c1-20(36)31-25-8-3-5-22(18-25)21-11-15-33(16-12-21)13-4-14-34-28-10-9-26(35(37)38)19-27(28)32-29(34)23-6-2-7-24(30)17-23/h2-3,5-10,17-19,21H,4,11-16H2,1H3,(H,31,36). The minimum atomic E-state index is -0.392. The van der Waals surface area contributed by atoms with Crippen LogP contribution in [0.3, 0.4) is 0 Å². The number of halogens is 1. The van der Waals surface area contributed by atoms with E-state index in [-0.39, 0.29) is 11.6 Å². The van der Waals surface area contributed by atoms with Gasteiger partial charge in [0.15, 0.2) is 0 Å². The minimum absolute atomic E-state index is 0.0327. The first-order valence-corrected chi connectivity index (χ1v) is 13.3. The second kappa shape index (κ2) is 11.3. The normalized spacial score (nSPS) is 14.6. The van der Waals surface area contributed by atoms with Crippen LogP contribution < -0.4 is 5.32 Å². The number of rotatable bonds is 8. The lowest BCUT2D eigenvalue weighted by atomic mass is 9.89. The lowest BCUT2D eigenvalue weighted by Gasteiger charge is -2.32. The largest absolute Gasteiger partial charge is 0.326 e. The van der Waals surface area contributed by atoms with Crippen molar-refractivity contribution < 1.29 is 9.72 Å². The van der Waals surface area contributed by atoms with Crippen LogP contribution >= 0.6 is 11.6 Å². The Hall–Kier alpha value is -3.75. The monoisotopic (exact) mass is 531 g/mol. The fourth-order valence-corrected chi connectivity index (χ4v) is 5.51. The Labute approximate surface area is 226 Å². The van der Waals surface area contributed by atoms with Crippen LogP contribution in [0.15, 0.2) is 66.7 Å². The molecule has 1 N–H and O–H groups in total. The number of aromatic nitrogens is 2. The van der Waals surface area contributed by atoms with Crippen LogP contribution in [0.4, 0.5) is 11.4 Å². The number of nitro benzene ring substituents is 1. The number of carbonyl (C=O) groups excluding carboxylic acids is 1. The lowest BCUT2D eigenvalue weighted by molar-refractivity contribution is -0.384. The number of non-ortho nitro benzene ring substituents is 1. The molecule has 1 aromatic heterocycles. The molecule has 5 rings (SSSR count). The van der Waals surface area contributed by atoms with Gasteiger partial charge in [-0.05, 0) is 80.7 Å². The summed E-state index contributed by atoms with van der Waals surface area (Å²) in [4.78, 5) is 29.6. The number of aryl methyl sites for hydroxylation is 1. The van der Waals surface area contributed by atoms with Gasteiger partial charge in [0.1, 0.15) is 5.82 Å². The summed E-state index contributed by atoms with van der Waals surface area (Å²) in [6.07, 6.45) is 3.09. The maximum Gasteiger partial charge on any atom is 0.271 e. The van der Waals surface area contributed by atoms with E-state index in [4.69, 9.17) is 16.6 Å². The van der Waals surface area contributed by atoms with Crippen molar-refractivity contribution in [1.29, 1.82) is 0 Å². The highest BCUT2D eigenvalue weighted by Crippen LogP contribution is 2.31. The van der Waals surface area contributed by atoms with Crippen molar-refractivity contribution in [3.63, 3.8) is 0 Å². The highest BCUT2D eigenvalue weighted by Gasteiger charge is 2.21. The zero-order valence-electron chi connectivity index (χ0n) is 21.3. The first-order chi connectivity index (χ1) is 18.4. The molecule has 0 spiro atoms. The molecule has 8 nitrogen and oxygen atoms in total. The van der Waals surface area contributed by atoms with Crippen LogP contribution in [0.1, 0.15) is 37.7 Å². The predicted octanol–water partition coefficient (Wildman–Crippen LogP) is 6.49. The molecule has 1 amide bonds. The molecule has 3 aromatic carbocycles. The van der Waals surface area contributed by atoms with Crippen LogP contribution in [0.25, 0.3) is 22.4 Å². The van der Waals surface area contributed by atoms with Gasteiger partial charge in [0, 0.05) is 41.9 Å². The zero-order valence-corrected chi connectivity index (χ0v) is 22.0. The molecule has 38 heavy (non-hydrogen) atoms. The van der Waals surface area contributed by atoms with Crippen molar-refractivity contribution in [2.75, 3.05) is 25.0 Å². The topological polar surface area (TPSA) is 93.3 Å². The number of piperidine rings is 1. The molecule has 9 heteroatoms. The second-order valence-corrected chi connectivity index (χ2v) is 10.2.